The van der Waals surface area contributed by atoms with Crippen LogP contribution in [0.3, 0.4) is 0 Å². The van der Waals surface area contributed by atoms with Crippen molar-refractivity contribution in [2.45, 2.75) is 31.7 Å². The van der Waals surface area contributed by atoms with Gasteiger partial charge in [-0.2, -0.15) is 0 Å². The Balaban J connectivity index is 1.89. The molecule has 5 heteroatoms. The van der Waals surface area contributed by atoms with Crippen molar-refractivity contribution in [3.63, 3.8) is 0 Å². The van der Waals surface area contributed by atoms with Crippen LogP contribution in [0.4, 0.5) is 0 Å². The maximum Gasteiger partial charge on any atom is 0.326 e. The molecule has 2 heterocycles. The van der Waals surface area contributed by atoms with E-state index in [4.69, 9.17) is 9.52 Å². The summed E-state index contributed by atoms with van der Waals surface area (Å²) in [5.74, 6) is -0.260. The molecule has 17 heavy (non-hydrogen) atoms. The molecule has 1 atom stereocenters. The van der Waals surface area contributed by atoms with Gasteiger partial charge < -0.3 is 14.4 Å². The third-order valence-electron chi connectivity index (χ3n) is 3.02. The Morgan fingerprint density at radius 1 is 1.53 bits per heavy atom. The molecule has 1 aromatic heterocycles. The lowest BCUT2D eigenvalue weighted by Crippen LogP contribution is -2.40. The SMILES string of the molecule is O=C(O)[C@H]1CCCN1C(=O)CCc1ccco1. The van der Waals surface area contributed by atoms with Crippen molar-refractivity contribution in [1.29, 1.82) is 0 Å². The zero-order valence-corrected chi connectivity index (χ0v) is 9.46. The summed E-state index contributed by atoms with van der Waals surface area (Å²) in [7, 11) is 0. The Labute approximate surface area is 99.0 Å². The van der Waals surface area contributed by atoms with Crippen molar-refractivity contribution in [2.75, 3.05) is 6.54 Å². The highest BCUT2D eigenvalue weighted by molar-refractivity contribution is 5.84. The van der Waals surface area contributed by atoms with Crippen LogP contribution in [0.25, 0.3) is 0 Å². The van der Waals surface area contributed by atoms with Crippen LogP contribution in [-0.2, 0) is 16.0 Å². The van der Waals surface area contributed by atoms with E-state index >= 15 is 0 Å². The summed E-state index contributed by atoms with van der Waals surface area (Å²) in [5.41, 5.74) is 0. The van der Waals surface area contributed by atoms with E-state index in [9.17, 15) is 9.59 Å². The predicted octanol–water partition coefficient (Wildman–Crippen LogP) is 1.29. The molecule has 1 saturated heterocycles. The van der Waals surface area contributed by atoms with Crippen molar-refractivity contribution >= 4 is 11.9 Å². The molecule has 5 nitrogen and oxygen atoms in total. The summed E-state index contributed by atoms with van der Waals surface area (Å²) in [5, 5.41) is 8.97. The van der Waals surface area contributed by atoms with Crippen LogP contribution in [0.15, 0.2) is 22.8 Å². The first-order valence-electron chi connectivity index (χ1n) is 5.73. The van der Waals surface area contributed by atoms with Crippen LogP contribution >= 0.6 is 0 Å². The number of likely N-dealkylation sites (tertiary alicyclic amines) is 1. The third-order valence-corrected chi connectivity index (χ3v) is 3.02. The Morgan fingerprint density at radius 3 is 3.00 bits per heavy atom. The molecular weight excluding hydrogens is 222 g/mol. The highest BCUT2D eigenvalue weighted by Gasteiger charge is 2.33. The fourth-order valence-corrected chi connectivity index (χ4v) is 2.15. The molecule has 1 aromatic rings. The van der Waals surface area contributed by atoms with Crippen molar-refractivity contribution in [1.82, 2.24) is 4.90 Å². The molecule has 0 radical (unpaired) electrons. The quantitative estimate of drug-likeness (QED) is 0.856. The molecule has 1 amide bonds. The smallest absolute Gasteiger partial charge is 0.326 e. The maximum absolute atomic E-state index is 11.9. The highest BCUT2D eigenvalue weighted by atomic mass is 16.4. The molecule has 0 unspecified atom stereocenters. The molecule has 0 bridgehead atoms. The molecule has 0 spiro atoms. The van der Waals surface area contributed by atoms with Gasteiger partial charge in [0.05, 0.1) is 6.26 Å². The predicted molar refractivity (Wildman–Crippen MR) is 59.4 cm³/mol. The van der Waals surface area contributed by atoms with Crippen LogP contribution < -0.4 is 0 Å². The van der Waals surface area contributed by atoms with E-state index in [0.717, 1.165) is 12.2 Å². The monoisotopic (exact) mass is 237 g/mol. The van der Waals surface area contributed by atoms with Gasteiger partial charge in [-0.05, 0) is 25.0 Å². The number of furan rings is 1. The lowest BCUT2D eigenvalue weighted by Gasteiger charge is -2.21. The van der Waals surface area contributed by atoms with Crippen LogP contribution in [0.2, 0.25) is 0 Å². The van der Waals surface area contributed by atoms with Gasteiger partial charge in [0, 0.05) is 19.4 Å². The Kier molecular flexibility index (Phi) is 3.46. The molecular formula is C12H15NO4. The van der Waals surface area contributed by atoms with Crippen molar-refractivity contribution in [3.8, 4) is 0 Å². The van der Waals surface area contributed by atoms with Gasteiger partial charge in [0.25, 0.3) is 0 Å². The van der Waals surface area contributed by atoms with Gasteiger partial charge in [-0.3, -0.25) is 4.79 Å². The zero-order chi connectivity index (χ0) is 12.3. The molecule has 1 N–H and O–H groups in total. The number of carboxylic acid groups (broad SMARTS) is 1. The number of aliphatic carboxylic acids is 1. The van der Waals surface area contributed by atoms with E-state index in [1.807, 2.05) is 6.07 Å². The standard InChI is InChI=1S/C12H15NO4/c14-11(6-5-9-3-2-8-17-9)13-7-1-4-10(13)12(15)16/h2-3,8,10H,1,4-7H2,(H,15,16)/t10-/m1/s1. The molecule has 1 aliphatic heterocycles. The van der Waals surface area contributed by atoms with Gasteiger partial charge in [0.15, 0.2) is 0 Å². The van der Waals surface area contributed by atoms with Gasteiger partial charge in [0.2, 0.25) is 5.91 Å². The molecule has 1 fully saturated rings. The number of hydrogen-bond donors (Lipinski definition) is 1. The molecule has 0 saturated carbocycles. The van der Waals surface area contributed by atoms with E-state index in [2.05, 4.69) is 0 Å². The lowest BCUT2D eigenvalue weighted by molar-refractivity contribution is -0.148. The summed E-state index contributed by atoms with van der Waals surface area (Å²) >= 11 is 0. The molecule has 1 aliphatic rings. The Morgan fingerprint density at radius 2 is 2.35 bits per heavy atom. The van der Waals surface area contributed by atoms with Crippen molar-refractivity contribution in [3.05, 3.63) is 24.2 Å². The summed E-state index contributed by atoms with van der Waals surface area (Å²) < 4.78 is 5.13. The normalized spacial score (nSPS) is 19.5. The van der Waals surface area contributed by atoms with Crippen molar-refractivity contribution in [2.24, 2.45) is 0 Å². The van der Waals surface area contributed by atoms with Gasteiger partial charge in [-0.1, -0.05) is 0 Å². The number of rotatable bonds is 4. The minimum Gasteiger partial charge on any atom is -0.480 e. The fraction of sp³-hybridized carbons (Fsp3) is 0.500. The van der Waals surface area contributed by atoms with E-state index in [1.165, 1.54) is 4.90 Å². The second-order valence-electron chi connectivity index (χ2n) is 4.16. The number of amides is 1. The first-order chi connectivity index (χ1) is 8.18. The molecule has 92 valence electrons. The summed E-state index contributed by atoms with van der Waals surface area (Å²) in [6.07, 6.45) is 3.72. The Bertz CT molecular complexity index is 399. The highest BCUT2D eigenvalue weighted by Crippen LogP contribution is 2.19. The van der Waals surface area contributed by atoms with Gasteiger partial charge >= 0.3 is 5.97 Å². The van der Waals surface area contributed by atoms with Crippen molar-refractivity contribution < 1.29 is 19.1 Å². The minimum atomic E-state index is -0.908. The van der Waals surface area contributed by atoms with Crippen LogP contribution in [0.1, 0.15) is 25.0 Å². The first kappa shape index (κ1) is 11.7. The topological polar surface area (TPSA) is 70.8 Å². The van der Waals surface area contributed by atoms with E-state index < -0.39 is 12.0 Å². The lowest BCUT2D eigenvalue weighted by atomic mass is 10.2. The van der Waals surface area contributed by atoms with Crippen LogP contribution in [0, 0.1) is 0 Å². The Hall–Kier alpha value is -1.78. The summed E-state index contributed by atoms with van der Waals surface area (Å²) in [6, 6.07) is 2.95. The average Bonchev–Trinajstić information content (AvgIpc) is 2.96. The number of carbonyl (C=O) groups excluding carboxylic acids is 1. The molecule has 0 aromatic carbocycles. The number of nitrogens with zero attached hydrogens (tertiary/aromatic N) is 1. The van der Waals surface area contributed by atoms with E-state index in [1.54, 1.807) is 12.3 Å². The van der Waals surface area contributed by atoms with Gasteiger partial charge in [-0.15, -0.1) is 0 Å². The van der Waals surface area contributed by atoms with Gasteiger partial charge in [0.1, 0.15) is 11.8 Å². The average molecular weight is 237 g/mol. The zero-order valence-electron chi connectivity index (χ0n) is 9.46. The number of carboxylic acids is 1. The van der Waals surface area contributed by atoms with Gasteiger partial charge in [-0.25, -0.2) is 4.79 Å². The first-order valence-corrected chi connectivity index (χ1v) is 5.73. The molecule has 2 rings (SSSR count). The second-order valence-corrected chi connectivity index (χ2v) is 4.16. The van der Waals surface area contributed by atoms with E-state index in [0.29, 0.717) is 25.8 Å². The third kappa shape index (κ3) is 2.67. The van der Waals surface area contributed by atoms with E-state index in [-0.39, 0.29) is 5.91 Å². The van der Waals surface area contributed by atoms with Crippen LogP contribution in [0.5, 0.6) is 0 Å². The number of hydrogen-bond acceptors (Lipinski definition) is 3. The second kappa shape index (κ2) is 5.03. The molecule has 0 aliphatic carbocycles. The maximum atomic E-state index is 11.9. The fourth-order valence-electron chi connectivity index (χ4n) is 2.15. The number of aryl methyl sites for hydroxylation is 1. The van der Waals surface area contributed by atoms with Crippen LogP contribution in [-0.4, -0.2) is 34.5 Å². The minimum absolute atomic E-state index is 0.105. The largest absolute Gasteiger partial charge is 0.480 e. The summed E-state index contributed by atoms with van der Waals surface area (Å²) in [4.78, 5) is 24.3. The summed E-state index contributed by atoms with van der Waals surface area (Å²) in [6.45, 7) is 0.550. The number of carbonyl (C=O) groups is 2.